The Balaban J connectivity index is 2.03. The summed E-state index contributed by atoms with van der Waals surface area (Å²) in [6, 6.07) is 8.83. The molecular weight excluding hydrogens is 312 g/mol. The zero-order valence-electron chi connectivity index (χ0n) is 13.1. The molecule has 1 aromatic carbocycles. The molecule has 2 aromatic rings. The van der Waals surface area contributed by atoms with Gasteiger partial charge >= 0.3 is 5.97 Å². The number of anilines is 1. The lowest BCUT2D eigenvalue weighted by Crippen LogP contribution is -2.30. The largest absolute Gasteiger partial charge is 0.493 e. The van der Waals surface area contributed by atoms with E-state index in [1.807, 2.05) is 12.1 Å². The van der Waals surface area contributed by atoms with E-state index in [2.05, 4.69) is 4.98 Å². The molecule has 0 spiro atoms. The molecule has 2 heterocycles. The van der Waals surface area contributed by atoms with Crippen LogP contribution in [0, 0.1) is 0 Å². The van der Waals surface area contributed by atoms with Crippen LogP contribution in [0.2, 0.25) is 0 Å². The molecule has 0 atom stereocenters. The van der Waals surface area contributed by atoms with Crippen LogP contribution in [0.3, 0.4) is 0 Å². The Labute approximate surface area is 138 Å². The molecule has 1 aromatic heterocycles. The van der Waals surface area contributed by atoms with Gasteiger partial charge in [0.25, 0.3) is 0 Å². The molecule has 0 aliphatic carbocycles. The molecule has 124 valence electrons. The van der Waals surface area contributed by atoms with Gasteiger partial charge in [0.15, 0.2) is 11.5 Å². The quantitative estimate of drug-likeness (QED) is 0.928. The molecule has 0 saturated carbocycles. The summed E-state index contributed by atoms with van der Waals surface area (Å²) >= 11 is 0. The summed E-state index contributed by atoms with van der Waals surface area (Å²) in [6.45, 7) is 0.254. The minimum absolute atomic E-state index is 0.0943. The number of methoxy groups -OCH3 is 1. The zero-order chi connectivity index (χ0) is 17.1. The third-order valence-corrected chi connectivity index (χ3v) is 3.70. The number of benzene rings is 1. The van der Waals surface area contributed by atoms with Crippen LogP contribution < -0.4 is 14.4 Å². The Morgan fingerprint density at radius 1 is 1.29 bits per heavy atom. The van der Waals surface area contributed by atoms with E-state index in [0.717, 1.165) is 5.56 Å². The molecule has 3 rings (SSSR count). The van der Waals surface area contributed by atoms with Gasteiger partial charge in [0.1, 0.15) is 5.69 Å². The third kappa shape index (κ3) is 3.01. The number of nitrogens with zero attached hydrogens (tertiary/aromatic N) is 2. The number of aromatic nitrogens is 1. The first-order valence-corrected chi connectivity index (χ1v) is 7.41. The number of amides is 1. The first-order valence-electron chi connectivity index (χ1n) is 7.41. The van der Waals surface area contributed by atoms with E-state index in [9.17, 15) is 9.59 Å². The molecule has 0 bridgehead atoms. The molecular formula is C17H16N2O5. The standard InChI is InChI=1S/C17H16N2O5/c1-23-13-6-2-4-11-10-19(14(20)7-8-15(21)22)12-5-3-9-18-17(12)24-16(11)13/h2-6,9H,7-8,10H2,1H3,(H,21,22). The van der Waals surface area contributed by atoms with Gasteiger partial charge in [0.2, 0.25) is 11.8 Å². The smallest absolute Gasteiger partial charge is 0.303 e. The van der Waals surface area contributed by atoms with Crippen molar-refractivity contribution in [1.82, 2.24) is 4.98 Å². The Bertz CT molecular complexity index is 790. The van der Waals surface area contributed by atoms with Crippen LogP contribution in [-0.4, -0.2) is 29.1 Å². The minimum atomic E-state index is -1.01. The number of hydrogen-bond donors (Lipinski definition) is 1. The van der Waals surface area contributed by atoms with Crippen molar-refractivity contribution in [2.24, 2.45) is 0 Å². The highest BCUT2D eigenvalue weighted by Gasteiger charge is 2.27. The second kappa shape index (κ2) is 6.57. The normalized spacial score (nSPS) is 12.5. The van der Waals surface area contributed by atoms with Gasteiger partial charge in [-0.3, -0.25) is 9.59 Å². The van der Waals surface area contributed by atoms with Crippen LogP contribution >= 0.6 is 0 Å². The lowest BCUT2D eigenvalue weighted by Gasteiger charge is -2.21. The second-order valence-electron chi connectivity index (χ2n) is 5.25. The number of pyridine rings is 1. The zero-order valence-corrected chi connectivity index (χ0v) is 13.1. The lowest BCUT2D eigenvalue weighted by molar-refractivity contribution is -0.138. The lowest BCUT2D eigenvalue weighted by atomic mass is 10.1. The molecule has 0 unspecified atom stereocenters. The van der Waals surface area contributed by atoms with Crippen molar-refractivity contribution in [2.45, 2.75) is 19.4 Å². The maximum absolute atomic E-state index is 12.5. The van der Waals surface area contributed by atoms with Gasteiger partial charge in [-0.05, 0) is 18.2 Å². The van der Waals surface area contributed by atoms with Crippen molar-refractivity contribution >= 4 is 17.6 Å². The summed E-state index contributed by atoms with van der Waals surface area (Å²) in [7, 11) is 1.54. The van der Waals surface area contributed by atoms with Crippen molar-refractivity contribution in [3.63, 3.8) is 0 Å². The van der Waals surface area contributed by atoms with Crippen molar-refractivity contribution < 1.29 is 24.2 Å². The van der Waals surface area contributed by atoms with Crippen molar-refractivity contribution in [3.8, 4) is 17.4 Å². The average molecular weight is 328 g/mol. The molecule has 0 fully saturated rings. The van der Waals surface area contributed by atoms with Crippen LogP contribution in [0.5, 0.6) is 17.4 Å². The topological polar surface area (TPSA) is 89.0 Å². The molecule has 7 heteroatoms. The maximum atomic E-state index is 12.5. The first-order chi connectivity index (χ1) is 11.6. The fourth-order valence-corrected chi connectivity index (χ4v) is 2.55. The Morgan fingerprint density at radius 2 is 2.12 bits per heavy atom. The number of carbonyl (C=O) groups excluding carboxylic acids is 1. The van der Waals surface area contributed by atoms with E-state index in [1.54, 1.807) is 31.5 Å². The van der Waals surface area contributed by atoms with Gasteiger partial charge in [-0.15, -0.1) is 0 Å². The molecule has 1 amide bonds. The molecule has 1 aliphatic rings. The van der Waals surface area contributed by atoms with Crippen LogP contribution in [0.1, 0.15) is 18.4 Å². The summed E-state index contributed by atoms with van der Waals surface area (Å²) in [6.07, 6.45) is 1.25. The summed E-state index contributed by atoms with van der Waals surface area (Å²) in [5.74, 6) is 0.0238. The second-order valence-corrected chi connectivity index (χ2v) is 5.25. The van der Waals surface area contributed by atoms with E-state index in [4.69, 9.17) is 14.6 Å². The number of ether oxygens (including phenoxy) is 2. The van der Waals surface area contributed by atoms with Gasteiger partial charge in [-0.1, -0.05) is 12.1 Å². The maximum Gasteiger partial charge on any atom is 0.303 e. The predicted octanol–water partition coefficient (Wildman–Crippen LogP) is 2.59. The fraction of sp³-hybridized carbons (Fsp3) is 0.235. The summed E-state index contributed by atoms with van der Waals surface area (Å²) < 4.78 is 11.2. The monoisotopic (exact) mass is 328 g/mol. The van der Waals surface area contributed by atoms with Gasteiger partial charge in [-0.25, -0.2) is 4.98 Å². The summed E-state index contributed by atoms with van der Waals surface area (Å²) in [5, 5.41) is 8.81. The van der Waals surface area contributed by atoms with E-state index >= 15 is 0 Å². The highest BCUT2D eigenvalue weighted by atomic mass is 16.5. The molecule has 0 radical (unpaired) electrons. The third-order valence-electron chi connectivity index (χ3n) is 3.70. The predicted molar refractivity (Wildman–Crippen MR) is 85.4 cm³/mol. The van der Waals surface area contributed by atoms with Crippen molar-refractivity contribution in [1.29, 1.82) is 0 Å². The van der Waals surface area contributed by atoms with Crippen LogP contribution in [0.4, 0.5) is 5.69 Å². The average Bonchev–Trinajstić information content (AvgIpc) is 2.76. The number of rotatable bonds is 4. The van der Waals surface area contributed by atoms with Gasteiger partial charge in [-0.2, -0.15) is 0 Å². The van der Waals surface area contributed by atoms with Crippen molar-refractivity contribution in [3.05, 3.63) is 42.1 Å². The summed E-state index contributed by atoms with van der Waals surface area (Å²) in [4.78, 5) is 29.0. The number of carboxylic acid groups (broad SMARTS) is 1. The van der Waals surface area contributed by atoms with Gasteiger partial charge < -0.3 is 19.5 Å². The highest BCUT2D eigenvalue weighted by Crippen LogP contribution is 2.42. The number of carbonyl (C=O) groups is 2. The van der Waals surface area contributed by atoms with E-state index in [0.29, 0.717) is 17.2 Å². The van der Waals surface area contributed by atoms with Gasteiger partial charge in [0.05, 0.1) is 20.1 Å². The van der Waals surface area contributed by atoms with Gasteiger partial charge in [0, 0.05) is 18.2 Å². The molecule has 24 heavy (non-hydrogen) atoms. The number of fused-ring (bicyclic) bond motifs is 2. The Morgan fingerprint density at radius 3 is 2.88 bits per heavy atom. The first kappa shape index (κ1) is 15.8. The Kier molecular flexibility index (Phi) is 4.33. The number of aliphatic carboxylic acids is 1. The molecule has 7 nitrogen and oxygen atoms in total. The minimum Gasteiger partial charge on any atom is -0.493 e. The molecule has 0 saturated heterocycles. The molecule has 1 N–H and O–H groups in total. The van der Waals surface area contributed by atoms with E-state index in [1.165, 1.54) is 4.90 Å². The Hall–Kier alpha value is -3.09. The SMILES string of the molecule is COc1cccc2c1Oc1ncccc1N(C(=O)CCC(=O)O)C2. The van der Waals surface area contributed by atoms with E-state index in [-0.39, 0.29) is 31.2 Å². The summed E-state index contributed by atoms with van der Waals surface area (Å²) in [5.41, 5.74) is 1.27. The van der Waals surface area contributed by atoms with Crippen molar-refractivity contribution in [2.75, 3.05) is 12.0 Å². The highest BCUT2D eigenvalue weighted by molar-refractivity contribution is 5.96. The van der Waals surface area contributed by atoms with Crippen LogP contribution in [0.25, 0.3) is 0 Å². The van der Waals surface area contributed by atoms with E-state index < -0.39 is 5.97 Å². The van der Waals surface area contributed by atoms with Crippen LogP contribution in [-0.2, 0) is 16.1 Å². The number of hydrogen-bond acceptors (Lipinski definition) is 5. The van der Waals surface area contributed by atoms with Crippen LogP contribution in [0.15, 0.2) is 36.5 Å². The number of para-hydroxylation sites is 1. The molecule has 1 aliphatic heterocycles. The fourth-order valence-electron chi connectivity index (χ4n) is 2.55. The number of carboxylic acids is 1.